The first kappa shape index (κ1) is 14.4. The molecule has 0 spiro atoms. The Balaban J connectivity index is 2.05. The zero-order valence-corrected chi connectivity index (χ0v) is 11.9. The van der Waals surface area contributed by atoms with E-state index in [9.17, 15) is 4.79 Å². The van der Waals surface area contributed by atoms with E-state index < -0.39 is 5.97 Å². The fourth-order valence-corrected chi connectivity index (χ4v) is 2.45. The molecular formula is C15H15NO3S. The van der Waals surface area contributed by atoms with Gasteiger partial charge in [-0.25, -0.2) is 4.98 Å². The van der Waals surface area contributed by atoms with Gasteiger partial charge in [-0.3, -0.25) is 4.79 Å². The maximum Gasteiger partial charge on any atom is 0.307 e. The third kappa shape index (κ3) is 4.28. The number of hydrogen-bond donors (Lipinski definition) is 1. The maximum absolute atomic E-state index is 10.6. The van der Waals surface area contributed by atoms with Crippen molar-refractivity contribution in [3.05, 3.63) is 48.0 Å². The number of benzene rings is 1. The lowest BCUT2D eigenvalue weighted by Crippen LogP contribution is -1.99. The summed E-state index contributed by atoms with van der Waals surface area (Å²) in [5, 5.41) is 9.57. The number of rotatable bonds is 6. The SMILES string of the molecule is CCOc1cccc(Sc2ccc(CC(=O)O)cc2)n1. The van der Waals surface area contributed by atoms with Gasteiger partial charge in [0.25, 0.3) is 0 Å². The first-order chi connectivity index (χ1) is 9.67. The second kappa shape index (κ2) is 6.96. The molecule has 4 nitrogen and oxygen atoms in total. The van der Waals surface area contributed by atoms with Crippen molar-refractivity contribution in [1.29, 1.82) is 0 Å². The second-order valence-corrected chi connectivity index (χ2v) is 5.16. The van der Waals surface area contributed by atoms with Gasteiger partial charge in [0, 0.05) is 11.0 Å². The molecule has 0 aliphatic rings. The molecule has 0 saturated heterocycles. The number of ether oxygens (including phenoxy) is 1. The van der Waals surface area contributed by atoms with E-state index in [1.807, 2.05) is 49.4 Å². The predicted molar refractivity (Wildman–Crippen MR) is 77.3 cm³/mol. The standard InChI is InChI=1S/C15H15NO3S/c1-2-19-13-4-3-5-14(16-13)20-12-8-6-11(7-9-12)10-15(17)18/h3-9H,2,10H2,1H3,(H,17,18). The van der Waals surface area contributed by atoms with E-state index in [2.05, 4.69) is 4.98 Å². The summed E-state index contributed by atoms with van der Waals surface area (Å²) in [5.74, 6) is -0.212. The van der Waals surface area contributed by atoms with Crippen LogP contribution in [-0.2, 0) is 11.2 Å². The van der Waals surface area contributed by atoms with Crippen LogP contribution in [0.4, 0.5) is 0 Å². The number of aromatic nitrogens is 1. The van der Waals surface area contributed by atoms with Crippen molar-refractivity contribution < 1.29 is 14.6 Å². The average molecular weight is 289 g/mol. The first-order valence-electron chi connectivity index (χ1n) is 6.26. The van der Waals surface area contributed by atoms with Crippen LogP contribution in [-0.4, -0.2) is 22.7 Å². The van der Waals surface area contributed by atoms with Gasteiger partial charge in [0.2, 0.25) is 5.88 Å². The smallest absolute Gasteiger partial charge is 0.307 e. The summed E-state index contributed by atoms with van der Waals surface area (Å²) >= 11 is 1.52. The first-order valence-corrected chi connectivity index (χ1v) is 7.07. The van der Waals surface area contributed by atoms with E-state index in [0.717, 1.165) is 15.5 Å². The molecule has 0 bridgehead atoms. The third-order valence-corrected chi connectivity index (χ3v) is 3.44. The molecule has 2 aromatic rings. The lowest BCUT2D eigenvalue weighted by atomic mass is 10.2. The zero-order valence-electron chi connectivity index (χ0n) is 11.1. The molecule has 1 heterocycles. The van der Waals surface area contributed by atoms with Crippen molar-refractivity contribution in [2.45, 2.75) is 23.3 Å². The van der Waals surface area contributed by atoms with Crippen LogP contribution in [0.15, 0.2) is 52.4 Å². The van der Waals surface area contributed by atoms with Crippen molar-refractivity contribution in [3.8, 4) is 5.88 Å². The molecule has 0 aliphatic heterocycles. The van der Waals surface area contributed by atoms with Gasteiger partial charge in [-0.15, -0.1) is 0 Å². The minimum Gasteiger partial charge on any atom is -0.481 e. The van der Waals surface area contributed by atoms with Crippen LogP contribution in [0.2, 0.25) is 0 Å². The Morgan fingerprint density at radius 2 is 2.00 bits per heavy atom. The highest BCUT2D eigenvalue weighted by molar-refractivity contribution is 7.99. The van der Waals surface area contributed by atoms with Gasteiger partial charge >= 0.3 is 5.97 Å². The lowest BCUT2D eigenvalue weighted by molar-refractivity contribution is -0.136. The van der Waals surface area contributed by atoms with Crippen LogP contribution in [0.3, 0.4) is 0 Å². The van der Waals surface area contributed by atoms with Gasteiger partial charge < -0.3 is 9.84 Å². The fourth-order valence-electron chi connectivity index (χ4n) is 1.65. The van der Waals surface area contributed by atoms with Crippen molar-refractivity contribution in [3.63, 3.8) is 0 Å². The normalized spacial score (nSPS) is 10.2. The molecule has 0 fully saturated rings. The predicted octanol–water partition coefficient (Wildman–Crippen LogP) is 3.26. The molecule has 104 valence electrons. The van der Waals surface area contributed by atoms with Crippen LogP contribution in [0.25, 0.3) is 0 Å². The number of pyridine rings is 1. The van der Waals surface area contributed by atoms with Crippen LogP contribution in [0, 0.1) is 0 Å². The molecule has 1 aromatic carbocycles. The Morgan fingerprint density at radius 3 is 2.65 bits per heavy atom. The molecule has 0 unspecified atom stereocenters. The molecule has 0 aliphatic carbocycles. The van der Waals surface area contributed by atoms with Crippen LogP contribution in [0.5, 0.6) is 5.88 Å². The Kier molecular flexibility index (Phi) is 5.01. The van der Waals surface area contributed by atoms with Gasteiger partial charge in [-0.05, 0) is 30.7 Å². The summed E-state index contributed by atoms with van der Waals surface area (Å²) in [6.07, 6.45) is 0.0447. The molecule has 1 N–H and O–H groups in total. The molecule has 1 aromatic heterocycles. The van der Waals surface area contributed by atoms with E-state index in [4.69, 9.17) is 9.84 Å². The molecule has 5 heteroatoms. The Labute approximate surface area is 121 Å². The van der Waals surface area contributed by atoms with Crippen LogP contribution in [0.1, 0.15) is 12.5 Å². The summed E-state index contributed by atoms with van der Waals surface area (Å²) < 4.78 is 5.36. The number of carbonyl (C=O) groups is 1. The monoisotopic (exact) mass is 289 g/mol. The molecular weight excluding hydrogens is 274 g/mol. The van der Waals surface area contributed by atoms with Gasteiger partial charge in [-0.2, -0.15) is 0 Å². The van der Waals surface area contributed by atoms with E-state index in [1.54, 1.807) is 0 Å². The molecule has 20 heavy (non-hydrogen) atoms. The number of carboxylic acid groups (broad SMARTS) is 1. The highest BCUT2D eigenvalue weighted by Crippen LogP contribution is 2.27. The van der Waals surface area contributed by atoms with Crippen molar-refractivity contribution >= 4 is 17.7 Å². The van der Waals surface area contributed by atoms with Crippen LogP contribution < -0.4 is 4.74 Å². The minimum atomic E-state index is -0.823. The van der Waals surface area contributed by atoms with Gasteiger partial charge in [0.1, 0.15) is 5.03 Å². The summed E-state index contributed by atoms with van der Waals surface area (Å²) in [7, 11) is 0. The highest BCUT2D eigenvalue weighted by Gasteiger charge is 2.03. The number of nitrogens with zero attached hydrogens (tertiary/aromatic N) is 1. The van der Waals surface area contributed by atoms with Crippen molar-refractivity contribution in [2.75, 3.05) is 6.61 Å². The average Bonchev–Trinajstić information content (AvgIpc) is 2.41. The molecule has 0 atom stereocenters. The quantitative estimate of drug-likeness (QED) is 0.884. The van der Waals surface area contributed by atoms with Crippen LogP contribution >= 0.6 is 11.8 Å². The fraction of sp³-hybridized carbons (Fsp3) is 0.200. The number of hydrogen-bond acceptors (Lipinski definition) is 4. The maximum atomic E-state index is 10.6. The topological polar surface area (TPSA) is 59.4 Å². The zero-order chi connectivity index (χ0) is 14.4. The molecule has 0 radical (unpaired) electrons. The van der Waals surface area contributed by atoms with Crippen molar-refractivity contribution in [1.82, 2.24) is 4.98 Å². The van der Waals surface area contributed by atoms with E-state index in [-0.39, 0.29) is 6.42 Å². The Bertz CT molecular complexity index is 584. The van der Waals surface area contributed by atoms with E-state index in [0.29, 0.717) is 12.5 Å². The minimum absolute atomic E-state index is 0.0447. The Morgan fingerprint density at radius 1 is 1.25 bits per heavy atom. The summed E-state index contributed by atoms with van der Waals surface area (Å²) in [4.78, 5) is 16.0. The second-order valence-electron chi connectivity index (χ2n) is 4.06. The summed E-state index contributed by atoms with van der Waals surface area (Å²) in [6.45, 7) is 2.51. The Hall–Kier alpha value is -2.01. The van der Waals surface area contributed by atoms with Gasteiger partial charge in [0.15, 0.2) is 0 Å². The third-order valence-electron chi connectivity index (χ3n) is 2.49. The summed E-state index contributed by atoms with van der Waals surface area (Å²) in [5.41, 5.74) is 0.790. The van der Waals surface area contributed by atoms with Crippen molar-refractivity contribution in [2.24, 2.45) is 0 Å². The van der Waals surface area contributed by atoms with Gasteiger partial charge in [-0.1, -0.05) is 30.0 Å². The molecule has 0 amide bonds. The summed E-state index contributed by atoms with van der Waals surface area (Å²) in [6, 6.07) is 13.1. The van der Waals surface area contributed by atoms with E-state index in [1.165, 1.54) is 11.8 Å². The van der Waals surface area contributed by atoms with E-state index >= 15 is 0 Å². The number of aliphatic carboxylic acids is 1. The highest BCUT2D eigenvalue weighted by atomic mass is 32.2. The lowest BCUT2D eigenvalue weighted by Gasteiger charge is -2.05. The molecule has 0 saturated carbocycles. The van der Waals surface area contributed by atoms with Gasteiger partial charge in [0.05, 0.1) is 13.0 Å². The molecule has 2 rings (SSSR count). The number of carboxylic acids is 1. The largest absolute Gasteiger partial charge is 0.481 e.